The van der Waals surface area contributed by atoms with Crippen molar-refractivity contribution in [3.63, 3.8) is 0 Å². The van der Waals surface area contributed by atoms with Crippen molar-refractivity contribution in [3.05, 3.63) is 47.5 Å². The van der Waals surface area contributed by atoms with Crippen molar-refractivity contribution in [3.8, 4) is 11.3 Å². The molecule has 0 bridgehead atoms. The zero-order valence-corrected chi connectivity index (χ0v) is 9.58. The van der Waals surface area contributed by atoms with E-state index in [0.717, 1.165) is 12.1 Å². The fourth-order valence-electron chi connectivity index (χ4n) is 1.63. The third-order valence-corrected chi connectivity index (χ3v) is 2.43. The summed E-state index contributed by atoms with van der Waals surface area (Å²) in [5, 5.41) is 9.18. The summed E-state index contributed by atoms with van der Waals surface area (Å²) in [4.78, 5) is 0. The minimum atomic E-state index is -1.51. The Morgan fingerprint density at radius 2 is 1.78 bits per heavy atom. The van der Waals surface area contributed by atoms with E-state index in [1.807, 2.05) is 0 Å². The molecule has 5 heteroatoms. The van der Waals surface area contributed by atoms with Gasteiger partial charge in [-0.25, -0.2) is 13.2 Å². The lowest BCUT2D eigenvalue weighted by Crippen LogP contribution is -2.02. The summed E-state index contributed by atoms with van der Waals surface area (Å²) in [6.45, 7) is 1.60. The van der Waals surface area contributed by atoms with Gasteiger partial charge in [0.15, 0.2) is 17.5 Å². The first-order chi connectivity index (χ1) is 8.47. The number of hydrogen-bond acceptors (Lipinski definition) is 2. The van der Waals surface area contributed by atoms with Crippen molar-refractivity contribution in [2.24, 2.45) is 0 Å². The summed E-state index contributed by atoms with van der Waals surface area (Å²) in [6, 6.07) is 4.85. The van der Waals surface area contributed by atoms with Crippen LogP contribution >= 0.6 is 0 Å². The summed E-state index contributed by atoms with van der Waals surface area (Å²) in [5.74, 6) is -3.32. The first-order valence-corrected chi connectivity index (χ1v) is 5.39. The fraction of sp³-hybridized carbons (Fsp3) is 0.231. The largest absolute Gasteiger partial charge is 0.461 e. The Kier molecular flexibility index (Phi) is 3.43. The van der Waals surface area contributed by atoms with Gasteiger partial charge in [0.1, 0.15) is 11.5 Å². The highest BCUT2D eigenvalue weighted by Crippen LogP contribution is 2.26. The molecule has 0 aliphatic heterocycles. The van der Waals surface area contributed by atoms with Crippen LogP contribution in [0.25, 0.3) is 11.3 Å². The zero-order chi connectivity index (χ0) is 13.3. The maximum Gasteiger partial charge on any atom is 0.194 e. The van der Waals surface area contributed by atoms with Crippen LogP contribution in [0.5, 0.6) is 0 Å². The number of rotatable bonds is 3. The molecule has 0 aliphatic carbocycles. The Bertz CT molecular complexity index is 538. The third kappa shape index (κ3) is 2.56. The van der Waals surface area contributed by atoms with Gasteiger partial charge in [-0.05, 0) is 31.2 Å². The average Bonchev–Trinajstić information content (AvgIpc) is 2.72. The molecule has 1 aromatic carbocycles. The molecule has 1 atom stereocenters. The normalized spacial score (nSPS) is 12.7. The second-order valence-corrected chi connectivity index (χ2v) is 4.07. The van der Waals surface area contributed by atoms with Crippen molar-refractivity contribution in [1.29, 1.82) is 0 Å². The van der Waals surface area contributed by atoms with Crippen LogP contribution in [0, 0.1) is 17.5 Å². The lowest BCUT2D eigenvalue weighted by molar-refractivity contribution is 0.187. The predicted molar refractivity (Wildman–Crippen MR) is 59.4 cm³/mol. The van der Waals surface area contributed by atoms with Crippen molar-refractivity contribution in [2.45, 2.75) is 19.4 Å². The highest BCUT2D eigenvalue weighted by atomic mass is 19.2. The first kappa shape index (κ1) is 12.7. The van der Waals surface area contributed by atoms with E-state index in [1.165, 1.54) is 6.07 Å². The Balaban J connectivity index is 2.34. The van der Waals surface area contributed by atoms with Crippen LogP contribution in [0.1, 0.15) is 12.7 Å². The van der Waals surface area contributed by atoms with Gasteiger partial charge in [-0.2, -0.15) is 0 Å². The number of benzene rings is 1. The molecule has 96 valence electrons. The van der Waals surface area contributed by atoms with Crippen LogP contribution in [0.4, 0.5) is 13.2 Å². The monoisotopic (exact) mass is 256 g/mol. The van der Waals surface area contributed by atoms with Gasteiger partial charge in [-0.3, -0.25) is 0 Å². The molecule has 2 aromatic rings. The van der Waals surface area contributed by atoms with E-state index >= 15 is 0 Å². The van der Waals surface area contributed by atoms with E-state index in [2.05, 4.69) is 0 Å². The Labute approximate surface area is 102 Å². The van der Waals surface area contributed by atoms with Gasteiger partial charge in [0.05, 0.1) is 6.10 Å². The quantitative estimate of drug-likeness (QED) is 0.855. The van der Waals surface area contributed by atoms with Gasteiger partial charge < -0.3 is 9.52 Å². The maximum atomic E-state index is 13.0. The molecule has 0 fully saturated rings. The van der Waals surface area contributed by atoms with Gasteiger partial charge in [-0.15, -0.1) is 0 Å². The smallest absolute Gasteiger partial charge is 0.194 e. The molecule has 0 aliphatic rings. The summed E-state index contributed by atoms with van der Waals surface area (Å²) < 4.78 is 44.2. The lowest BCUT2D eigenvalue weighted by atomic mass is 10.1. The van der Waals surface area contributed by atoms with Gasteiger partial charge in [0, 0.05) is 12.0 Å². The molecule has 1 N–H and O–H groups in total. The molecule has 1 heterocycles. The fourth-order valence-corrected chi connectivity index (χ4v) is 1.63. The number of halogens is 3. The van der Waals surface area contributed by atoms with Crippen LogP contribution in [0.15, 0.2) is 28.7 Å². The molecule has 2 nitrogen and oxygen atoms in total. The molecular weight excluding hydrogens is 245 g/mol. The Morgan fingerprint density at radius 1 is 1.17 bits per heavy atom. The molecule has 18 heavy (non-hydrogen) atoms. The van der Waals surface area contributed by atoms with Crippen LogP contribution in [-0.4, -0.2) is 11.2 Å². The molecule has 0 saturated carbocycles. The minimum absolute atomic E-state index is 0.114. The first-order valence-electron chi connectivity index (χ1n) is 5.39. The third-order valence-electron chi connectivity index (χ3n) is 2.43. The second kappa shape index (κ2) is 4.86. The van der Waals surface area contributed by atoms with E-state index in [4.69, 9.17) is 4.42 Å². The van der Waals surface area contributed by atoms with E-state index < -0.39 is 23.6 Å². The number of aliphatic hydroxyl groups excluding tert-OH is 1. The molecule has 0 saturated heterocycles. The predicted octanol–water partition coefficient (Wildman–Crippen LogP) is 3.29. The highest BCUT2D eigenvalue weighted by Gasteiger charge is 2.14. The van der Waals surface area contributed by atoms with Crippen LogP contribution in [-0.2, 0) is 6.42 Å². The maximum absolute atomic E-state index is 13.0. The topological polar surface area (TPSA) is 33.4 Å². The highest BCUT2D eigenvalue weighted by molar-refractivity contribution is 5.57. The van der Waals surface area contributed by atoms with Crippen LogP contribution in [0.2, 0.25) is 0 Å². The molecular formula is C13H11F3O2. The van der Waals surface area contributed by atoms with E-state index in [1.54, 1.807) is 13.0 Å². The molecule has 0 radical (unpaired) electrons. The van der Waals surface area contributed by atoms with Crippen molar-refractivity contribution in [1.82, 2.24) is 0 Å². The summed E-state index contributed by atoms with van der Waals surface area (Å²) in [5.41, 5.74) is 0.114. The van der Waals surface area contributed by atoms with Crippen molar-refractivity contribution >= 4 is 0 Å². The molecule has 1 aromatic heterocycles. The summed E-state index contributed by atoms with van der Waals surface area (Å²) in [7, 11) is 0. The molecule has 2 rings (SSSR count). The standard InChI is InChI=1S/C13H11F3O2/c1-7(17)4-9-2-3-12(18-9)8-5-10(14)13(16)11(15)6-8/h2-3,5-7,17H,4H2,1H3. The average molecular weight is 256 g/mol. The number of aliphatic hydroxyl groups is 1. The Morgan fingerprint density at radius 3 is 2.33 bits per heavy atom. The number of furan rings is 1. The van der Waals surface area contributed by atoms with Gasteiger partial charge in [0.2, 0.25) is 0 Å². The number of hydrogen-bond donors (Lipinski definition) is 1. The SMILES string of the molecule is CC(O)Cc1ccc(-c2cc(F)c(F)c(F)c2)o1. The zero-order valence-electron chi connectivity index (χ0n) is 9.58. The molecule has 0 amide bonds. The summed E-state index contributed by atoms with van der Waals surface area (Å²) >= 11 is 0. The Hall–Kier alpha value is -1.75. The van der Waals surface area contributed by atoms with Crippen molar-refractivity contribution in [2.75, 3.05) is 0 Å². The van der Waals surface area contributed by atoms with Crippen molar-refractivity contribution < 1.29 is 22.7 Å². The second-order valence-electron chi connectivity index (χ2n) is 4.07. The van der Waals surface area contributed by atoms with Crippen LogP contribution < -0.4 is 0 Å². The van der Waals surface area contributed by atoms with E-state index in [0.29, 0.717) is 12.2 Å². The summed E-state index contributed by atoms with van der Waals surface area (Å²) in [6.07, 6.45) is -0.280. The molecule has 1 unspecified atom stereocenters. The molecule has 0 spiro atoms. The van der Waals surface area contributed by atoms with Gasteiger partial charge >= 0.3 is 0 Å². The van der Waals surface area contributed by atoms with Crippen LogP contribution in [0.3, 0.4) is 0 Å². The van der Waals surface area contributed by atoms with Gasteiger partial charge in [-0.1, -0.05) is 0 Å². The van der Waals surface area contributed by atoms with E-state index in [-0.39, 0.29) is 11.3 Å². The minimum Gasteiger partial charge on any atom is -0.461 e. The van der Waals surface area contributed by atoms with E-state index in [9.17, 15) is 18.3 Å². The van der Waals surface area contributed by atoms with Gasteiger partial charge in [0.25, 0.3) is 0 Å². The lowest BCUT2D eigenvalue weighted by Gasteiger charge is -2.02.